The van der Waals surface area contributed by atoms with E-state index in [1.54, 1.807) is 0 Å². The maximum absolute atomic E-state index is 11.8. The van der Waals surface area contributed by atoms with E-state index >= 15 is 0 Å². The van der Waals surface area contributed by atoms with E-state index in [2.05, 4.69) is 5.32 Å². The second-order valence-corrected chi connectivity index (χ2v) is 5.17. The van der Waals surface area contributed by atoms with Crippen LogP contribution in [0.4, 0.5) is 0 Å². The summed E-state index contributed by atoms with van der Waals surface area (Å²) in [6.07, 6.45) is 1.09. The zero-order chi connectivity index (χ0) is 13.7. The van der Waals surface area contributed by atoms with Crippen LogP contribution in [0.3, 0.4) is 0 Å². The number of hydrogen-bond donors (Lipinski definition) is 2. The summed E-state index contributed by atoms with van der Waals surface area (Å²) in [6, 6.07) is 7.29. The molecule has 1 aliphatic heterocycles. The smallest absolute Gasteiger partial charge is 0.220 e. The first-order valence-corrected chi connectivity index (χ1v) is 6.82. The van der Waals surface area contributed by atoms with Crippen molar-refractivity contribution < 1.29 is 14.6 Å². The fourth-order valence-corrected chi connectivity index (χ4v) is 2.33. The van der Waals surface area contributed by atoms with Crippen LogP contribution >= 0.6 is 11.6 Å². The van der Waals surface area contributed by atoms with Gasteiger partial charge in [0.25, 0.3) is 0 Å². The predicted molar refractivity (Wildman–Crippen MR) is 73.1 cm³/mol. The van der Waals surface area contributed by atoms with Crippen LogP contribution in [0, 0.1) is 0 Å². The molecule has 2 rings (SSSR count). The zero-order valence-electron chi connectivity index (χ0n) is 10.6. The summed E-state index contributed by atoms with van der Waals surface area (Å²) < 4.78 is 5.12. The molecule has 1 heterocycles. The highest BCUT2D eigenvalue weighted by Gasteiger charge is 2.24. The lowest BCUT2D eigenvalue weighted by Crippen LogP contribution is -2.48. The van der Waals surface area contributed by atoms with E-state index < -0.39 is 6.10 Å². The minimum Gasteiger partial charge on any atom is -0.389 e. The summed E-state index contributed by atoms with van der Waals surface area (Å²) in [5.41, 5.74) is 1.04. The number of carbonyl (C=O) groups is 1. The average molecular weight is 284 g/mol. The number of aryl methyl sites for hydroxylation is 1. The van der Waals surface area contributed by atoms with Crippen LogP contribution < -0.4 is 5.32 Å². The third kappa shape index (κ3) is 4.49. The first-order valence-electron chi connectivity index (χ1n) is 6.45. The van der Waals surface area contributed by atoms with Crippen molar-refractivity contribution in [2.75, 3.05) is 13.2 Å². The quantitative estimate of drug-likeness (QED) is 0.881. The lowest BCUT2D eigenvalue weighted by molar-refractivity contribution is -0.124. The highest BCUT2D eigenvalue weighted by Crippen LogP contribution is 2.13. The lowest BCUT2D eigenvalue weighted by Gasteiger charge is -2.28. The van der Waals surface area contributed by atoms with Crippen LogP contribution in [0.2, 0.25) is 5.02 Å². The molecule has 4 nitrogen and oxygen atoms in total. The summed E-state index contributed by atoms with van der Waals surface area (Å²) in [5, 5.41) is 13.2. The van der Waals surface area contributed by atoms with Crippen molar-refractivity contribution in [3.8, 4) is 0 Å². The largest absolute Gasteiger partial charge is 0.389 e. The van der Waals surface area contributed by atoms with Crippen LogP contribution in [-0.2, 0) is 16.0 Å². The Morgan fingerprint density at radius 1 is 1.53 bits per heavy atom. The Kier molecular flexibility index (Phi) is 5.19. The first kappa shape index (κ1) is 14.3. The summed E-state index contributed by atoms with van der Waals surface area (Å²) in [4.78, 5) is 11.8. The molecule has 1 aromatic carbocycles. The van der Waals surface area contributed by atoms with E-state index in [4.69, 9.17) is 16.3 Å². The van der Waals surface area contributed by atoms with Crippen LogP contribution in [-0.4, -0.2) is 36.4 Å². The summed E-state index contributed by atoms with van der Waals surface area (Å²) in [7, 11) is 0. The van der Waals surface area contributed by atoms with Gasteiger partial charge in [-0.2, -0.15) is 0 Å². The normalized spacial score (nSPS) is 23.1. The van der Waals surface area contributed by atoms with Gasteiger partial charge >= 0.3 is 0 Å². The molecule has 2 N–H and O–H groups in total. The third-order valence-corrected chi connectivity index (χ3v) is 3.44. The van der Waals surface area contributed by atoms with Gasteiger partial charge in [0.2, 0.25) is 5.91 Å². The monoisotopic (exact) mass is 283 g/mol. The number of hydrogen-bond acceptors (Lipinski definition) is 3. The van der Waals surface area contributed by atoms with Gasteiger partial charge in [0, 0.05) is 18.1 Å². The Bertz CT molecular complexity index is 438. The number of ether oxygens (including phenoxy) is 1. The van der Waals surface area contributed by atoms with Gasteiger partial charge in [0.15, 0.2) is 0 Å². The second kappa shape index (κ2) is 6.89. The van der Waals surface area contributed by atoms with E-state index in [9.17, 15) is 9.90 Å². The first-order chi connectivity index (χ1) is 9.15. The topological polar surface area (TPSA) is 58.6 Å². The van der Waals surface area contributed by atoms with Crippen LogP contribution in [0.15, 0.2) is 24.3 Å². The number of aliphatic hydroxyl groups excluding tert-OH is 1. The zero-order valence-corrected chi connectivity index (χ0v) is 11.4. The minimum absolute atomic E-state index is 0.0501. The van der Waals surface area contributed by atoms with Crippen LogP contribution in [0.25, 0.3) is 0 Å². The third-order valence-electron chi connectivity index (χ3n) is 3.20. The van der Waals surface area contributed by atoms with Crippen molar-refractivity contribution in [3.63, 3.8) is 0 Å². The molecule has 0 aliphatic carbocycles. The number of rotatable bonds is 4. The van der Waals surface area contributed by atoms with Gasteiger partial charge in [-0.25, -0.2) is 0 Å². The van der Waals surface area contributed by atoms with Crippen LogP contribution in [0.5, 0.6) is 0 Å². The molecule has 0 spiro atoms. The summed E-state index contributed by atoms with van der Waals surface area (Å²) >= 11 is 5.89. The molecule has 1 amide bonds. The number of aliphatic hydroxyl groups is 1. The van der Waals surface area contributed by atoms with Gasteiger partial charge in [-0.1, -0.05) is 23.7 Å². The van der Waals surface area contributed by atoms with Gasteiger partial charge in [0.1, 0.15) is 0 Å². The molecule has 5 heteroatoms. The molecule has 19 heavy (non-hydrogen) atoms. The molecule has 0 unspecified atom stereocenters. The van der Waals surface area contributed by atoms with Gasteiger partial charge < -0.3 is 15.2 Å². The Labute approximate surface area is 117 Å². The number of amides is 1. The molecule has 1 aliphatic rings. The van der Waals surface area contributed by atoms with Gasteiger partial charge in [-0.15, -0.1) is 0 Å². The molecule has 0 radical (unpaired) electrons. The Balaban J connectivity index is 1.78. The minimum atomic E-state index is -0.608. The molecule has 0 saturated carbocycles. The molecule has 1 saturated heterocycles. The predicted octanol–water partition coefficient (Wildman–Crippen LogP) is 1.54. The Hall–Kier alpha value is -1.10. The van der Waals surface area contributed by atoms with E-state index in [0.717, 1.165) is 5.56 Å². The van der Waals surface area contributed by atoms with Crippen molar-refractivity contribution in [1.82, 2.24) is 5.32 Å². The van der Waals surface area contributed by atoms with Gasteiger partial charge in [-0.05, 0) is 30.5 Å². The van der Waals surface area contributed by atoms with E-state index in [-0.39, 0.29) is 11.9 Å². The van der Waals surface area contributed by atoms with Crippen molar-refractivity contribution >= 4 is 17.5 Å². The lowest BCUT2D eigenvalue weighted by atomic mass is 10.1. The second-order valence-electron chi connectivity index (χ2n) is 4.73. The maximum atomic E-state index is 11.8. The number of carbonyl (C=O) groups excluding carboxylic acids is 1. The number of benzene rings is 1. The Morgan fingerprint density at radius 2 is 2.37 bits per heavy atom. The Morgan fingerprint density at radius 3 is 3.11 bits per heavy atom. The van der Waals surface area contributed by atoms with Crippen molar-refractivity contribution in [3.05, 3.63) is 34.9 Å². The molecule has 0 bridgehead atoms. The van der Waals surface area contributed by atoms with E-state index in [1.165, 1.54) is 0 Å². The summed E-state index contributed by atoms with van der Waals surface area (Å²) in [5.74, 6) is -0.0501. The molecule has 2 atom stereocenters. The summed E-state index contributed by atoms with van der Waals surface area (Å²) in [6.45, 7) is 0.871. The highest BCUT2D eigenvalue weighted by atomic mass is 35.5. The molecule has 104 valence electrons. The van der Waals surface area contributed by atoms with Crippen molar-refractivity contribution in [2.24, 2.45) is 0 Å². The fourth-order valence-electron chi connectivity index (χ4n) is 2.12. The van der Waals surface area contributed by atoms with E-state index in [0.29, 0.717) is 37.5 Å². The van der Waals surface area contributed by atoms with Gasteiger partial charge in [-0.3, -0.25) is 4.79 Å². The SMILES string of the molecule is O=C(CCc1cccc(Cl)c1)N[C@@H]1CCOC[C@H]1O. The number of halogens is 1. The molecular weight excluding hydrogens is 266 g/mol. The molecule has 1 aromatic rings. The van der Waals surface area contributed by atoms with Gasteiger partial charge in [0.05, 0.1) is 18.8 Å². The molecular formula is C14H18ClNO3. The molecule has 0 aromatic heterocycles. The fraction of sp³-hybridized carbons (Fsp3) is 0.500. The molecule has 1 fully saturated rings. The van der Waals surface area contributed by atoms with Crippen molar-refractivity contribution in [1.29, 1.82) is 0 Å². The standard InChI is InChI=1S/C14H18ClNO3/c15-11-3-1-2-10(8-11)4-5-14(18)16-12-6-7-19-9-13(12)17/h1-3,8,12-13,17H,4-7,9H2,(H,16,18)/t12-,13-/m1/s1. The average Bonchev–Trinajstić information content (AvgIpc) is 2.39. The highest BCUT2D eigenvalue weighted by molar-refractivity contribution is 6.30. The van der Waals surface area contributed by atoms with Crippen LogP contribution in [0.1, 0.15) is 18.4 Å². The maximum Gasteiger partial charge on any atom is 0.220 e. The van der Waals surface area contributed by atoms with Crippen molar-refractivity contribution in [2.45, 2.75) is 31.4 Å². The number of nitrogens with one attached hydrogen (secondary N) is 1. The van der Waals surface area contributed by atoms with E-state index in [1.807, 2.05) is 24.3 Å².